The standard InChI is InChI=1S/C10H10INO3.C8H6INO4.C8H8INO2.C8H7IO2/c1-6(13)12-9-5-7(10(14)15-2)3-4-8(9)11;1-14-8(11)5-2-3-6(9)7(4-5)10(12)13;1-12-8(11)5-2-3-6(9)7(10)4-5;1-11-8(10)6-2-4-7(9)5-3-6/h3-5H,1-2H3,(H,12,13);2-4H,1H3;2-4H,10H2,1H3;2-5H,1H3. The van der Waals surface area contributed by atoms with Crippen LogP contribution in [0.5, 0.6) is 0 Å². The van der Waals surface area contributed by atoms with Gasteiger partial charge >= 0.3 is 23.9 Å². The van der Waals surface area contributed by atoms with E-state index in [-0.39, 0.29) is 29.1 Å². The average Bonchev–Trinajstić information content (AvgIpc) is 3.13. The molecule has 18 heteroatoms. The average molecular weight is 1170 g/mol. The summed E-state index contributed by atoms with van der Waals surface area (Å²) < 4.78 is 21.5. The molecule has 276 valence electrons. The molecule has 4 aromatic rings. The fourth-order valence-corrected chi connectivity index (χ4v) is 5.14. The minimum Gasteiger partial charge on any atom is -0.465 e. The lowest BCUT2D eigenvalue weighted by atomic mass is 10.2. The van der Waals surface area contributed by atoms with Crippen LogP contribution in [0.1, 0.15) is 48.4 Å². The molecule has 0 aliphatic carbocycles. The number of ether oxygens (including phenoxy) is 4. The Kier molecular flexibility index (Phi) is 21.2. The number of methoxy groups -OCH3 is 4. The topological polar surface area (TPSA) is 203 Å². The summed E-state index contributed by atoms with van der Waals surface area (Å²) in [6, 6.07) is 21.5. The lowest BCUT2D eigenvalue weighted by molar-refractivity contribution is -0.385. The molecule has 3 N–H and O–H groups in total. The van der Waals surface area contributed by atoms with Crippen molar-refractivity contribution in [3.05, 3.63) is 126 Å². The molecule has 0 radical (unpaired) electrons. The molecule has 0 saturated carbocycles. The maximum absolute atomic E-state index is 11.2. The summed E-state index contributed by atoms with van der Waals surface area (Å²) >= 11 is 8.19. The van der Waals surface area contributed by atoms with Gasteiger partial charge in [0.05, 0.1) is 64.9 Å². The molecule has 4 rings (SSSR count). The number of nitrogens with two attached hydrogens (primary N) is 1. The zero-order valence-electron chi connectivity index (χ0n) is 28.0. The van der Waals surface area contributed by atoms with Gasteiger partial charge in [-0.2, -0.15) is 0 Å². The second-order valence-electron chi connectivity index (χ2n) is 9.51. The highest BCUT2D eigenvalue weighted by molar-refractivity contribution is 14.1. The van der Waals surface area contributed by atoms with Crippen LogP contribution in [0.15, 0.2) is 78.9 Å². The number of rotatable bonds is 6. The van der Waals surface area contributed by atoms with Crippen LogP contribution in [0.4, 0.5) is 17.1 Å². The first kappa shape index (κ1) is 46.4. The van der Waals surface area contributed by atoms with Crippen LogP contribution in [-0.2, 0) is 23.7 Å². The van der Waals surface area contributed by atoms with Crippen molar-refractivity contribution in [2.75, 3.05) is 39.5 Å². The van der Waals surface area contributed by atoms with E-state index >= 15 is 0 Å². The van der Waals surface area contributed by atoms with Crippen molar-refractivity contribution in [2.45, 2.75) is 6.92 Å². The molecule has 52 heavy (non-hydrogen) atoms. The smallest absolute Gasteiger partial charge is 0.338 e. The molecule has 0 spiro atoms. The lowest BCUT2D eigenvalue weighted by Crippen LogP contribution is -2.09. The van der Waals surface area contributed by atoms with Crippen LogP contribution < -0.4 is 11.1 Å². The molecule has 0 saturated heterocycles. The summed E-state index contributed by atoms with van der Waals surface area (Å²) in [4.78, 5) is 65.1. The van der Waals surface area contributed by atoms with Crippen molar-refractivity contribution >= 4 is 137 Å². The number of anilines is 2. The number of carbonyl (C=O) groups excluding carboxylic acids is 5. The zero-order valence-corrected chi connectivity index (χ0v) is 36.7. The lowest BCUT2D eigenvalue weighted by Gasteiger charge is -2.06. The molecular weight excluding hydrogens is 1130 g/mol. The second kappa shape index (κ2) is 23.8. The van der Waals surface area contributed by atoms with Gasteiger partial charge in [-0.3, -0.25) is 14.9 Å². The van der Waals surface area contributed by atoms with Crippen LogP contribution in [0.25, 0.3) is 0 Å². The number of nitrogens with one attached hydrogen (secondary N) is 1. The van der Waals surface area contributed by atoms with Gasteiger partial charge in [-0.15, -0.1) is 0 Å². The number of halogens is 4. The summed E-state index contributed by atoms with van der Waals surface area (Å²) in [5.74, 6) is -1.82. The molecule has 1 amide bonds. The highest BCUT2D eigenvalue weighted by Gasteiger charge is 2.16. The van der Waals surface area contributed by atoms with Crippen molar-refractivity contribution in [1.29, 1.82) is 0 Å². The summed E-state index contributed by atoms with van der Waals surface area (Å²) in [6.45, 7) is 1.42. The van der Waals surface area contributed by atoms with E-state index in [1.807, 2.05) is 34.7 Å². The first-order valence-electron chi connectivity index (χ1n) is 14.1. The minimum absolute atomic E-state index is 0.0894. The molecule has 0 atom stereocenters. The van der Waals surface area contributed by atoms with Gasteiger partial charge in [0.15, 0.2) is 0 Å². The van der Waals surface area contributed by atoms with Crippen LogP contribution in [0.3, 0.4) is 0 Å². The molecule has 0 aliphatic rings. The van der Waals surface area contributed by atoms with E-state index in [2.05, 4.69) is 92.0 Å². The maximum Gasteiger partial charge on any atom is 0.338 e. The fourth-order valence-electron chi connectivity index (χ4n) is 3.45. The summed E-state index contributed by atoms with van der Waals surface area (Å²) in [5, 5.41) is 13.2. The van der Waals surface area contributed by atoms with Crippen molar-refractivity contribution < 1.29 is 47.8 Å². The van der Waals surface area contributed by atoms with Gasteiger partial charge in [-0.25, -0.2) is 19.2 Å². The Morgan fingerprint density at radius 2 is 0.981 bits per heavy atom. The van der Waals surface area contributed by atoms with Crippen LogP contribution in [0.2, 0.25) is 0 Å². The highest BCUT2D eigenvalue weighted by Crippen LogP contribution is 2.23. The molecule has 14 nitrogen and oxygen atoms in total. The van der Waals surface area contributed by atoms with Gasteiger partial charge in [-0.05, 0) is 163 Å². The van der Waals surface area contributed by atoms with E-state index in [4.69, 9.17) is 5.73 Å². The quantitative estimate of drug-likeness (QED) is 0.0475. The van der Waals surface area contributed by atoms with Crippen LogP contribution in [-0.4, -0.2) is 63.1 Å². The number of carbonyl (C=O) groups is 5. The van der Waals surface area contributed by atoms with Gasteiger partial charge in [0.25, 0.3) is 5.69 Å². The highest BCUT2D eigenvalue weighted by atomic mass is 127. The number of hydrogen-bond acceptors (Lipinski definition) is 12. The molecule has 0 heterocycles. The number of esters is 4. The predicted octanol–water partition coefficient (Wildman–Crippen LogP) is 7.76. The van der Waals surface area contributed by atoms with E-state index in [1.54, 1.807) is 48.5 Å². The third-order valence-electron chi connectivity index (χ3n) is 5.94. The number of hydrogen-bond donors (Lipinski definition) is 2. The summed E-state index contributed by atoms with van der Waals surface area (Å²) in [5.41, 5.74) is 8.39. The summed E-state index contributed by atoms with van der Waals surface area (Å²) in [7, 11) is 5.27. The van der Waals surface area contributed by atoms with E-state index in [0.29, 0.717) is 31.6 Å². The van der Waals surface area contributed by atoms with Gasteiger partial charge in [0, 0.05) is 29.4 Å². The monoisotopic (exact) mass is 1160 g/mol. The number of nitro benzene ring substituents is 1. The van der Waals surface area contributed by atoms with E-state index in [0.717, 1.165) is 10.7 Å². The van der Waals surface area contributed by atoms with Gasteiger partial charge in [-0.1, -0.05) is 0 Å². The molecular formula is C34H31I4N3O11. The normalized spacial score (nSPS) is 9.48. The molecule has 0 bridgehead atoms. The first-order chi connectivity index (χ1) is 24.5. The Bertz CT molecular complexity index is 1910. The van der Waals surface area contributed by atoms with Crippen LogP contribution >= 0.6 is 90.4 Å². The van der Waals surface area contributed by atoms with Gasteiger partial charge in [0.2, 0.25) is 5.91 Å². The van der Waals surface area contributed by atoms with Crippen molar-refractivity contribution in [3.8, 4) is 0 Å². The van der Waals surface area contributed by atoms with Crippen LogP contribution in [0, 0.1) is 24.4 Å². The largest absolute Gasteiger partial charge is 0.465 e. The van der Waals surface area contributed by atoms with E-state index < -0.39 is 16.9 Å². The van der Waals surface area contributed by atoms with Crippen molar-refractivity contribution in [3.63, 3.8) is 0 Å². The zero-order chi connectivity index (χ0) is 39.5. The Labute approximate surface area is 353 Å². The third-order valence-corrected chi connectivity index (χ3v) is 9.50. The van der Waals surface area contributed by atoms with Gasteiger partial charge in [0.1, 0.15) is 0 Å². The Hall–Kier alpha value is -3.65. The number of nitrogen functional groups attached to an aromatic ring is 1. The molecule has 4 aromatic carbocycles. The number of benzene rings is 4. The molecule has 0 aliphatic heterocycles. The van der Waals surface area contributed by atoms with E-state index in [1.165, 1.54) is 53.6 Å². The SMILES string of the molecule is COC(=O)c1ccc(I)c(N)c1.COC(=O)c1ccc(I)c(NC(C)=O)c1.COC(=O)c1ccc(I)c([N+](=O)[O-])c1.COC(=O)c1ccc(I)cc1. The molecule has 0 unspecified atom stereocenters. The number of nitrogens with zero attached hydrogens (tertiary/aromatic N) is 1. The summed E-state index contributed by atoms with van der Waals surface area (Å²) in [6.07, 6.45) is 0. The number of nitro groups is 1. The third kappa shape index (κ3) is 15.9. The van der Waals surface area contributed by atoms with Crippen molar-refractivity contribution in [2.24, 2.45) is 0 Å². The minimum atomic E-state index is -0.579. The number of amides is 1. The Morgan fingerprint density at radius 3 is 1.40 bits per heavy atom. The molecule has 0 fully saturated rings. The first-order valence-corrected chi connectivity index (χ1v) is 18.5. The predicted molar refractivity (Wildman–Crippen MR) is 227 cm³/mol. The second-order valence-corrected chi connectivity index (χ2v) is 14.2. The van der Waals surface area contributed by atoms with Gasteiger partial charge < -0.3 is 30.0 Å². The fraction of sp³-hybridized carbons (Fsp3) is 0.147. The van der Waals surface area contributed by atoms with Crippen molar-refractivity contribution in [1.82, 2.24) is 0 Å². The maximum atomic E-state index is 11.2. The molecule has 0 aromatic heterocycles. The Morgan fingerprint density at radius 1 is 0.596 bits per heavy atom. The van der Waals surface area contributed by atoms with E-state index in [9.17, 15) is 34.1 Å². The Balaban J connectivity index is 0.000000349.